The summed E-state index contributed by atoms with van der Waals surface area (Å²) in [5.74, 6) is -0.918. The highest BCUT2D eigenvalue weighted by Gasteiger charge is 2.33. The van der Waals surface area contributed by atoms with Crippen LogP contribution in [0.3, 0.4) is 0 Å². The molecule has 10 heteroatoms. The highest BCUT2D eigenvalue weighted by atomic mass is 35.5. The lowest BCUT2D eigenvalue weighted by molar-refractivity contribution is -0.139. The topological polar surface area (TPSA) is 86.8 Å². The maximum atomic E-state index is 13.7. The normalized spacial score (nSPS) is 12.0. The van der Waals surface area contributed by atoms with E-state index in [9.17, 15) is 18.0 Å². The average Bonchev–Trinajstić information content (AvgIpc) is 2.87. The van der Waals surface area contributed by atoms with Gasteiger partial charge in [0.25, 0.3) is 10.0 Å². The van der Waals surface area contributed by atoms with Crippen LogP contribution in [0.15, 0.2) is 83.8 Å². The fourth-order valence-corrected chi connectivity index (χ4v) is 5.45. The number of para-hydroxylation sites is 1. The number of rotatable bonds is 10. The molecule has 190 valence electrons. The average molecular weight is 548 g/mol. The number of anilines is 1. The Morgan fingerprint density at radius 1 is 0.917 bits per heavy atom. The molecule has 0 spiro atoms. The van der Waals surface area contributed by atoms with E-state index in [0.29, 0.717) is 11.6 Å². The predicted molar refractivity (Wildman–Crippen MR) is 143 cm³/mol. The zero-order valence-corrected chi connectivity index (χ0v) is 22.2. The summed E-state index contributed by atoms with van der Waals surface area (Å²) in [6, 6.07) is 20.2. The first-order valence-corrected chi connectivity index (χ1v) is 13.5. The predicted octanol–water partition coefficient (Wildman–Crippen LogP) is 4.74. The van der Waals surface area contributed by atoms with Crippen LogP contribution in [-0.2, 0) is 26.2 Å². The number of amides is 2. The van der Waals surface area contributed by atoms with Crippen LogP contribution in [0.25, 0.3) is 0 Å². The van der Waals surface area contributed by atoms with Gasteiger partial charge in [0.05, 0.1) is 15.6 Å². The lowest BCUT2D eigenvalue weighted by atomic mass is 10.1. The summed E-state index contributed by atoms with van der Waals surface area (Å²) < 4.78 is 28.3. The molecule has 0 bridgehead atoms. The van der Waals surface area contributed by atoms with Crippen molar-refractivity contribution in [3.05, 3.63) is 94.5 Å². The monoisotopic (exact) mass is 547 g/mol. The van der Waals surface area contributed by atoms with Gasteiger partial charge >= 0.3 is 0 Å². The van der Waals surface area contributed by atoms with Crippen LogP contribution in [0.2, 0.25) is 10.0 Å². The van der Waals surface area contributed by atoms with Crippen molar-refractivity contribution in [2.75, 3.05) is 17.4 Å². The van der Waals surface area contributed by atoms with E-state index in [0.717, 1.165) is 9.87 Å². The number of benzene rings is 3. The largest absolute Gasteiger partial charge is 0.355 e. The van der Waals surface area contributed by atoms with Crippen LogP contribution in [0, 0.1) is 0 Å². The van der Waals surface area contributed by atoms with Gasteiger partial charge in [0.2, 0.25) is 11.8 Å². The Labute approximate surface area is 221 Å². The van der Waals surface area contributed by atoms with Crippen molar-refractivity contribution in [2.45, 2.75) is 31.3 Å². The standard InChI is InChI=1S/C26H27Cl2N3O4S/c1-3-29-26(33)19(2)30(17-20-13-15-21(27)16-14-20)25(32)18-31(24-12-8-7-11-23(24)28)36(34,35)22-9-5-4-6-10-22/h4-16,19H,3,17-18H2,1-2H3,(H,29,33)/t19-/m1/s1. The van der Waals surface area contributed by atoms with Gasteiger partial charge in [-0.3, -0.25) is 13.9 Å². The molecule has 0 aliphatic heterocycles. The van der Waals surface area contributed by atoms with E-state index < -0.39 is 28.5 Å². The van der Waals surface area contributed by atoms with Gasteiger partial charge in [0.1, 0.15) is 12.6 Å². The van der Waals surface area contributed by atoms with E-state index in [4.69, 9.17) is 23.2 Å². The van der Waals surface area contributed by atoms with Crippen molar-refractivity contribution in [1.29, 1.82) is 0 Å². The first kappa shape index (κ1) is 27.5. The molecule has 2 amide bonds. The summed E-state index contributed by atoms with van der Waals surface area (Å²) >= 11 is 12.4. The van der Waals surface area contributed by atoms with E-state index in [-0.39, 0.29) is 28.1 Å². The van der Waals surface area contributed by atoms with Crippen LogP contribution in [0.5, 0.6) is 0 Å². The first-order valence-electron chi connectivity index (χ1n) is 11.3. The van der Waals surface area contributed by atoms with Crippen LogP contribution < -0.4 is 9.62 Å². The summed E-state index contributed by atoms with van der Waals surface area (Å²) in [5, 5.41) is 3.43. The third-order valence-electron chi connectivity index (χ3n) is 5.52. The Morgan fingerprint density at radius 2 is 1.53 bits per heavy atom. The second-order valence-corrected chi connectivity index (χ2v) is 10.7. The Bertz CT molecular complexity index is 1300. The van der Waals surface area contributed by atoms with Gasteiger partial charge in [-0.05, 0) is 55.8 Å². The lowest BCUT2D eigenvalue weighted by Crippen LogP contribution is -2.51. The molecule has 3 aromatic carbocycles. The molecule has 0 saturated carbocycles. The van der Waals surface area contributed by atoms with E-state index in [2.05, 4.69) is 5.32 Å². The number of hydrogen-bond acceptors (Lipinski definition) is 4. The Kier molecular flexibility index (Phi) is 9.37. The Hall–Kier alpha value is -3.07. The fraction of sp³-hybridized carbons (Fsp3) is 0.231. The van der Waals surface area contributed by atoms with Crippen LogP contribution in [0.4, 0.5) is 5.69 Å². The van der Waals surface area contributed by atoms with Crippen molar-refractivity contribution >= 4 is 50.7 Å². The number of nitrogens with zero attached hydrogens (tertiary/aromatic N) is 2. The number of hydrogen-bond donors (Lipinski definition) is 1. The number of sulfonamides is 1. The molecule has 7 nitrogen and oxygen atoms in total. The molecule has 0 fully saturated rings. The molecule has 0 radical (unpaired) electrons. The van der Waals surface area contributed by atoms with Gasteiger partial charge in [-0.15, -0.1) is 0 Å². The van der Waals surface area contributed by atoms with E-state index in [1.54, 1.807) is 74.5 Å². The Balaban J connectivity index is 2.02. The van der Waals surface area contributed by atoms with Gasteiger partial charge in [-0.1, -0.05) is 65.7 Å². The number of carbonyl (C=O) groups excluding carboxylic acids is 2. The van der Waals surface area contributed by atoms with Crippen LogP contribution in [-0.4, -0.2) is 44.3 Å². The zero-order valence-electron chi connectivity index (χ0n) is 19.9. The van der Waals surface area contributed by atoms with Crippen molar-refractivity contribution in [2.24, 2.45) is 0 Å². The molecule has 3 aromatic rings. The quantitative estimate of drug-likeness (QED) is 0.397. The SMILES string of the molecule is CCNC(=O)[C@@H](C)N(Cc1ccc(Cl)cc1)C(=O)CN(c1ccccc1Cl)S(=O)(=O)c1ccccc1. The number of nitrogens with one attached hydrogen (secondary N) is 1. The highest BCUT2D eigenvalue weighted by molar-refractivity contribution is 7.92. The van der Waals surface area contributed by atoms with Crippen molar-refractivity contribution in [1.82, 2.24) is 10.2 Å². The van der Waals surface area contributed by atoms with Crippen molar-refractivity contribution in [3.63, 3.8) is 0 Å². The molecule has 1 atom stereocenters. The third kappa shape index (κ3) is 6.57. The second kappa shape index (κ2) is 12.3. The molecule has 36 heavy (non-hydrogen) atoms. The molecule has 0 saturated heterocycles. The third-order valence-corrected chi connectivity index (χ3v) is 7.86. The Morgan fingerprint density at radius 3 is 2.14 bits per heavy atom. The summed E-state index contributed by atoms with van der Waals surface area (Å²) in [4.78, 5) is 27.7. The molecule has 0 heterocycles. The van der Waals surface area contributed by atoms with Gasteiger partial charge in [-0.25, -0.2) is 8.42 Å². The molecule has 0 unspecified atom stereocenters. The van der Waals surface area contributed by atoms with E-state index in [1.165, 1.54) is 23.1 Å². The smallest absolute Gasteiger partial charge is 0.264 e. The molecular weight excluding hydrogens is 521 g/mol. The minimum Gasteiger partial charge on any atom is -0.355 e. The summed E-state index contributed by atoms with van der Waals surface area (Å²) in [6.45, 7) is 3.29. The second-order valence-electron chi connectivity index (χ2n) is 7.99. The van der Waals surface area contributed by atoms with Crippen molar-refractivity contribution in [3.8, 4) is 0 Å². The number of carbonyl (C=O) groups is 2. The van der Waals surface area contributed by atoms with Gasteiger partial charge in [0, 0.05) is 18.1 Å². The minimum atomic E-state index is -4.16. The summed E-state index contributed by atoms with van der Waals surface area (Å²) in [5.41, 5.74) is 0.896. The highest BCUT2D eigenvalue weighted by Crippen LogP contribution is 2.30. The number of likely N-dealkylation sites (N-methyl/N-ethyl adjacent to an activating group) is 1. The van der Waals surface area contributed by atoms with Crippen LogP contribution >= 0.6 is 23.2 Å². The minimum absolute atomic E-state index is 0.0127. The fourth-order valence-electron chi connectivity index (χ4n) is 3.58. The maximum absolute atomic E-state index is 13.7. The maximum Gasteiger partial charge on any atom is 0.264 e. The van der Waals surface area contributed by atoms with Gasteiger partial charge < -0.3 is 10.2 Å². The molecule has 0 aromatic heterocycles. The molecule has 0 aliphatic carbocycles. The van der Waals surface area contributed by atoms with Crippen LogP contribution in [0.1, 0.15) is 19.4 Å². The van der Waals surface area contributed by atoms with E-state index in [1.807, 2.05) is 0 Å². The first-order chi connectivity index (χ1) is 17.1. The molecule has 1 N–H and O–H groups in total. The lowest BCUT2D eigenvalue weighted by Gasteiger charge is -2.32. The van der Waals surface area contributed by atoms with E-state index >= 15 is 0 Å². The summed E-state index contributed by atoms with van der Waals surface area (Å²) in [7, 11) is -4.16. The van der Waals surface area contributed by atoms with Gasteiger partial charge in [-0.2, -0.15) is 0 Å². The summed E-state index contributed by atoms with van der Waals surface area (Å²) in [6.07, 6.45) is 0. The molecule has 3 rings (SSSR count). The zero-order chi connectivity index (χ0) is 26.3. The molecule has 0 aliphatic rings. The molecular formula is C26H27Cl2N3O4S. The van der Waals surface area contributed by atoms with Gasteiger partial charge in [0.15, 0.2) is 0 Å². The number of halogens is 2. The van der Waals surface area contributed by atoms with Crippen molar-refractivity contribution < 1.29 is 18.0 Å².